The Morgan fingerprint density at radius 1 is 1.00 bits per heavy atom. The van der Waals surface area contributed by atoms with Gasteiger partial charge < -0.3 is 15.5 Å². The number of carbonyl (C=O) groups is 1. The fraction of sp³-hybridized carbons (Fsp3) is 0.391. The lowest BCUT2D eigenvalue weighted by atomic mass is 10.1. The lowest BCUT2D eigenvalue weighted by molar-refractivity contribution is 0.0773. The molecule has 0 aromatic heterocycles. The van der Waals surface area contributed by atoms with Gasteiger partial charge >= 0.3 is 0 Å². The van der Waals surface area contributed by atoms with E-state index in [4.69, 9.17) is 11.6 Å². The number of amides is 1. The zero-order valence-electron chi connectivity index (χ0n) is 18.0. The van der Waals surface area contributed by atoms with Crippen LogP contribution in [0.1, 0.15) is 42.3 Å². The highest BCUT2D eigenvalue weighted by Gasteiger charge is 2.11. The smallest absolute Gasteiger partial charge is 0.253 e. The van der Waals surface area contributed by atoms with Crippen LogP contribution in [0, 0.1) is 0 Å². The Morgan fingerprint density at radius 2 is 1.70 bits per heavy atom. The van der Waals surface area contributed by atoms with Gasteiger partial charge in [-0.25, -0.2) is 4.99 Å². The fourth-order valence-corrected chi connectivity index (χ4v) is 3.19. The maximum absolute atomic E-state index is 12.4. The number of hydrogen-bond donors (Lipinski definition) is 2. The van der Waals surface area contributed by atoms with Crippen molar-refractivity contribution < 1.29 is 4.79 Å². The Hall–Kier alpha value is -1.80. The van der Waals surface area contributed by atoms with Crippen molar-refractivity contribution >= 4 is 47.4 Å². The number of benzene rings is 2. The van der Waals surface area contributed by atoms with Gasteiger partial charge in [-0.05, 0) is 62.6 Å². The molecular weight excluding hydrogens is 511 g/mol. The Kier molecular flexibility index (Phi) is 12.5. The summed E-state index contributed by atoms with van der Waals surface area (Å²) in [5.41, 5.74) is 2.97. The molecule has 164 valence electrons. The van der Waals surface area contributed by atoms with Crippen LogP contribution in [0.4, 0.5) is 0 Å². The van der Waals surface area contributed by atoms with Crippen LogP contribution in [0.3, 0.4) is 0 Å². The third kappa shape index (κ3) is 8.52. The molecular formula is C23H32ClIN4O. The van der Waals surface area contributed by atoms with Crippen LogP contribution >= 0.6 is 35.6 Å². The number of rotatable bonds is 9. The number of hydrogen-bond acceptors (Lipinski definition) is 2. The number of halogens is 2. The fourth-order valence-electron chi connectivity index (χ4n) is 2.98. The quantitative estimate of drug-likeness (QED) is 0.273. The summed E-state index contributed by atoms with van der Waals surface area (Å²) >= 11 is 6.04. The van der Waals surface area contributed by atoms with Crippen molar-refractivity contribution in [2.45, 2.75) is 33.7 Å². The van der Waals surface area contributed by atoms with E-state index in [1.54, 1.807) is 0 Å². The van der Waals surface area contributed by atoms with Crippen LogP contribution in [-0.4, -0.2) is 42.9 Å². The summed E-state index contributed by atoms with van der Waals surface area (Å²) < 4.78 is 0. The summed E-state index contributed by atoms with van der Waals surface area (Å²) in [4.78, 5) is 18.9. The predicted molar refractivity (Wildman–Crippen MR) is 137 cm³/mol. The molecule has 0 saturated heterocycles. The molecule has 0 radical (unpaired) electrons. The van der Waals surface area contributed by atoms with Gasteiger partial charge in [0.15, 0.2) is 5.96 Å². The molecule has 0 fully saturated rings. The van der Waals surface area contributed by atoms with E-state index in [9.17, 15) is 4.79 Å². The van der Waals surface area contributed by atoms with Crippen molar-refractivity contribution in [2.24, 2.45) is 4.99 Å². The zero-order valence-corrected chi connectivity index (χ0v) is 21.0. The SMILES string of the molecule is CCNC(=NCc1ccc(C(=O)N(CC)CC)cc1)NCCc1cccc(Cl)c1.I. The molecule has 2 aromatic rings. The first kappa shape index (κ1) is 26.2. The van der Waals surface area contributed by atoms with Crippen LogP contribution in [0.25, 0.3) is 0 Å². The summed E-state index contributed by atoms with van der Waals surface area (Å²) in [5.74, 6) is 0.846. The maximum atomic E-state index is 12.4. The Bertz CT molecular complexity index is 807. The van der Waals surface area contributed by atoms with E-state index in [0.717, 1.165) is 36.1 Å². The van der Waals surface area contributed by atoms with Crippen LogP contribution in [-0.2, 0) is 13.0 Å². The van der Waals surface area contributed by atoms with Crippen molar-refractivity contribution in [3.8, 4) is 0 Å². The first-order valence-corrected chi connectivity index (χ1v) is 10.6. The highest BCUT2D eigenvalue weighted by atomic mass is 127. The van der Waals surface area contributed by atoms with E-state index in [1.807, 2.05) is 68.1 Å². The molecule has 5 nitrogen and oxygen atoms in total. The van der Waals surface area contributed by atoms with Gasteiger partial charge in [-0.15, -0.1) is 24.0 Å². The van der Waals surface area contributed by atoms with Gasteiger partial charge in [-0.2, -0.15) is 0 Å². The third-order valence-electron chi connectivity index (χ3n) is 4.61. The zero-order chi connectivity index (χ0) is 21.1. The first-order chi connectivity index (χ1) is 14.1. The second kappa shape index (κ2) is 14.2. The van der Waals surface area contributed by atoms with Crippen molar-refractivity contribution in [1.29, 1.82) is 0 Å². The summed E-state index contributed by atoms with van der Waals surface area (Å²) in [7, 11) is 0. The van der Waals surface area contributed by atoms with Crippen LogP contribution in [0.2, 0.25) is 5.02 Å². The van der Waals surface area contributed by atoms with Crippen molar-refractivity contribution in [3.63, 3.8) is 0 Å². The van der Waals surface area contributed by atoms with Gasteiger partial charge in [-0.3, -0.25) is 4.79 Å². The Balaban J connectivity index is 0.00000450. The number of guanidine groups is 1. The second-order valence-corrected chi connectivity index (χ2v) is 7.11. The van der Waals surface area contributed by atoms with E-state index in [1.165, 1.54) is 5.56 Å². The molecule has 1 amide bonds. The van der Waals surface area contributed by atoms with E-state index in [0.29, 0.717) is 25.2 Å². The van der Waals surface area contributed by atoms with Gasteiger partial charge in [0.25, 0.3) is 5.91 Å². The Labute approximate surface area is 202 Å². The molecule has 0 aliphatic heterocycles. The summed E-state index contributed by atoms with van der Waals surface area (Å²) in [6.45, 7) is 9.57. The predicted octanol–water partition coefficient (Wildman–Crippen LogP) is 4.74. The van der Waals surface area contributed by atoms with Crippen LogP contribution < -0.4 is 10.6 Å². The maximum Gasteiger partial charge on any atom is 0.253 e. The van der Waals surface area contributed by atoms with Crippen molar-refractivity contribution in [3.05, 3.63) is 70.2 Å². The second-order valence-electron chi connectivity index (χ2n) is 6.68. The van der Waals surface area contributed by atoms with Gasteiger partial charge in [0.1, 0.15) is 0 Å². The van der Waals surface area contributed by atoms with Gasteiger partial charge in [-0.1, -0.05) is 35.9 Å². The molecule has 0 bridgehead atoms. The van der Waals surface area contributed by atoms with Crippen molar-refractivity contribution in [2.75, 3.05) is 26.2 Å². The monoisotopic (exact) mass is 542 g/mol. The van der Waals surface area contributed by atoms with E-state index < -0.39 is 0 Å². The number of nitrogens with zero attached hydrogens (tertiary/aromatic N) is 2. The number of nitrogens with one attached hydrogen (secondary N) is 2. The molecule has 0 atom stereocenters. The minimum absolute atomic E-state index is 0. The highest BCUT2D eigenvalue weighted by molar-refractivity contribution is 14.0. The molecule has 0 heterocycles. The van der Waals surface area contributed by atoms with E-state index in [2.05, 4.69) is 21.7 Å². The van der Waals surface area contributed by atoms with Gasteiger partial charge in [0.2, 0.25) is 0 Å². The van der Waals surface area contributed by atoms with Gasteiger partial charge in [0, 0.05) is 36.8 Å². The normalized spacial score (nSPS) is 10.9. The van der Waals surface area contributed by atoms with E-state index >= 15 is 0 Å². The summed E-state index contributed by atoms with van der Waals surface area (Å²) in [6, 6.07) is 15.6. The first-order valence-electron chi connectivity index (χ1n) is 10.2. The largest absolute Gasteiger partial charge is 0.357 e. The minimum Gasteiger partial charge on any atom is -0.357 e. The average Bonchev–Trinajstić information content (AvgIpc) is 2.73. The molecule has 30 heavy (non-hydrogen) atoms. The lowest BCUT2D eigenvalue weighted by Gasteiger charge is -2.18. The summed E-state index contributed by atoms with van der Waals surface area (Å²) in [6.07, 6.45) is 0.868. The topological polar surface area (TPSA) is 56.7 Å². The molecule has 0 saturated carbocycles. The molecule has 0 aliphatic rings. The lowest BCUT2D eigenvalue weighted by Crippen LogP contribution is -2.38. The van der Waals surface area contributed by atoms with Gasteiger partial charge in [0.05, 0.1) is 6.54 Å². The highest BCUT2D eigenvalue weighted by Crippen LogP contribution is 2.11. The number of carbonyl (C=O) groups excluding carboxylic acids is 1. The van der Waals surface area contributed by atoms with E-state index in [-0.39, 0.29) is 29.9 Å². The molecule has 0 aliphatic carbocycles. The standard InChI is InChI=1S/C23H31ClN4O.HI/c1-4-25-23(26-15-14-18-8-7-9-21(24)16-18)27-17-19-10-12-20(13-11-19)22(29)28(5-2)6-3;/h7-13,16H,4-6,14-15,17H2,1-3H3,(H2,25,26,27);1H. The minimum atomic E-state index is 0. The number of aliphatic imine (C=N–C) groups is 1. The van der Waals surface area contributed by atoms with Crippen LogP contribution in [0.15, 0.2) is 53.5 Å². The molecule has 2 N–H and O–H groups in total. The molecule has 0 unspecified atom stereocenters. The molecule has 7 heteroatoms. The Morgan fingerprint density at radius 3 is 2.30 bits per heavy atom. The molecule has 2 aromatic carbocycles. The van der Waals surface area contributed by atoms with Crippen molar-refractivity contribution in [1.82, 2.24) is 15.5 Å². The van der Waals surface area contributed by atoms with Crippen LogP contribution in [0.5, 0.6) is 0 Å². The summed E-state index contributed by atoms with van der Waals surface area (Å²) in [5, 5.41) is 7.37. The molecule has 2 rings (SSSR count). The third-order valence-corrected chi connectivity index (χ3v) is 4.85. The average molecular weight is 543 g/mol. The molecule has 0 spiro atoms.